The molecule has 3 aromatic heterocycles. The first-order chi connectivity index (χ1) is 26.3. The molecule has 9 aromatic rings. The molecule has 0 unspecified atom stereocenters. The number of hydrogen-bond donors (Lipinski definition) is 0. The van der Waals surface area contributed by atoms with Gasteiger partial charge >= 0.3 is 0 Å². The second-order valence-corrected chi connectivity index (χ2v) is 10.0. The first-order valence-electron chi connectivity index (χ1n) is 19.2. The van der Waals surface area contributed by atoms with Crippen molar-refractivity contribution in [2.45, 2.75) is 0 Å². The number of nitrogens with zero attached hydrogens (tertiary/aromatic N) is 4. The lowest BCUT2D eigenvalue weighted by Crippen LogP contribution is -2.00. The smallest absolute Gasteiger partial charge is 0.167 e. The second kappa shape index (κ2) is 9.75. The highest BCUT2D eigenvalue weighted by Crippen LogP contribution is 2.38. The maximum Gasteiger partial charge on any atom is 0.167 e. The van der Waals surface area contributed by atoms with E-state index >= 15 is 0 Å². The largest absolute Gasteiger partial charge is 0.455 e. The van der Waals surface area contributed by atoms with Crippen LogP contribution in [0.4, 0.5) is 0 Å². The summed E-state index contributed by atoms with van der Waals surface area (Å²) in [4.78, 5) is 14.0. The standard InChI is InChI=1S/C39H24N4O/c1-3-12-25(13-4-1)37-40-38(26-14-5-2-6-15-26)42-39(41-37)32-19-11-18-31-30-23-22-27(24-35(30)44-36(31)32)43-33-20-9-7-16-28(33)29-17-8-10-21-34(29)43/h1-24H/i1D,3D,4D,7D,8D,12D,13D,16D,17D,20D,21D. The molecule has 0 radical (unpaired) electrons. The van der Waals surface area contributed by atoms with Gasteiger partial charge in [-0.05, 0) is 30.3 Å². The number of benzene rings is 6. The van der Waals surface area contributed by atoms with Gasteiger partial charge in [-0.15, -0.1) is 0 Å². The zero-order chi connectivity index (χ0) is 38.6. The van der Waals surface area contributed by atoms with Gasteiger partial charge in [-0.1, -0.05) is 109 Å². The highest BCUT2D eigenvalue weighted by atomic mass is 16.3. The number of fused-ring (bicyclic) bond motifs is 6. The Hall–Kier alpha value is -6.07. The number of rotatable bonds is 4. The van der Waals surface area contributed by atoms with Crippen molar-refractivity contribution in [1.82, 2.24) is 19.5 Å². The Morgan fingerprint density at radius 3 is 1.98 bits per heavy atom. The molecule has 9 rings (SSSR count). The van der Waals surface area contributed by atoms with E-state index in [4.69, 9.17) is 24.5 Å². The Balaban J connectivity index is 1.30. The fraction of sp³-hybridized carbons (Fsp3) is 0. The van der Waals surface area contributed by atoms with Crippen LogP contribution < -0.4 is 0 Å². The quantitative estimate of drug-likeness (QED) is 0.210. The topological polar surface area (TPSA) is 56.7 Å². The summed E-state index contributed by atoms with van der Waals surface area (Å²) in [5.74, 6) is 0.221. The molecule has 0 N–H and O–H groups in total. The van der Waals surface area contributed by atoms with Gasteiger partial charge < -0.3 is 8.98 Å². The molecule has 0 atom stereocenters. The minimum Gasteiger partial charge on any atom is -0.455 e. The summed E-state index contributed by atoms with van der Waals surface area (Å²) < 4.78 is 102. The van der Waals surface area contributed by atoms with E-state index in [2.05, 4.69) is 9.97 Å². The van der Waals surface area contributed by atoms with Crippen molar-refractivity contribution in [3.8, 4) is 39.9 Å². The predicted octanol–water partition coefficient (Wildman–Crippen LogP) is 9.87. The molecule has 0 bridgehead atoms. The Labute approximate surface area is 268 Å². The van der Waals surface area contributed by atoms with Gasteiger partial charge in [-0.2, -0.15) is 0 Å². The van der Waals surface area contributed by atoms with Gasteiger partial charge in [0.15, 0.2) is 17.5 Å². The van der Waals surface area contributed by atoms with Crippen LogP contribution in [0.5, 0.6) is 0 Å². The summed E-state index contributed by atoms with van der Waals surface area (Å²) in [6.07, 6.45) is 0. The van der Waals surface area contributed by atoms with E-state index in [0.717, 1.165) is 0 Å². The predicted molar refractivity (Wildman–Crippen MR) is 178 cm³/mol. The van der Waals surface area contributed by atoms with E-state index in [-0.39, 0.29) is 81.1 Å². The Morgan fingerprint density at radius 2 is 1.23 bits per heavy atom. The summed E-state index contributed by atoms with van der Waals surface area (Å²) in [5.41, 5.74) is 2.56. The van der Waals surface area contributed by atoms with Gasteiger partial charge in [0.2, 0.25) is 0 Å². The third kappa shape index (κ3) is 3.83. The van der Waals surface area contributed by atoms with E-state index in [9.17, 15) is 0 Å². The van der Waals surface area contributed by atoms with Crippen molar-refractivity contribution < 1.29 is 19.5 Å². The van der Waals surface area contributed by atoms with Crippen molar-refractivity contribution in [2.24, 2.45) is 0 Å². The zero-order valence-electron chi connectivity index (χ0n) is 33.7. The lowest BCUT2D eigenvalue weighted by atomic mass is 10.1. The molecule has 0 saturated heterocycles. The van der Waals surface area contributed by atoms with Gasteiger partial charge in [-0.25, -0.2) is 15.0 Å². The zero-order valence-corrected chi connectivity index (χ0v) is 22.7. The lowest BCUT2D eigenvalue weighted by molar-refractivity contribution is 0.669. The first kappa shape index (κ1) is 16.0. The fourth-order valence-electron chi connectivity index (χ4n) is 5.56. The Kier molecular flexibility index (Phi) is 3.54. The molecule has 44 heavy (non-hydrogen) atoms. The van der Waals surface area contributed by atoms with Crippen LogP contribution in [-0.4, -0.2) is 19.5 Å². The van der Waals surface area contributed by atoms with Crippen LogP contribution >= 0.6 is 0 Å². The number of aromatic nitrogens is 4. The monoisotopic (exact) mass is 575 g/mol. The summed E-state index contributed by atoms with van der Waals surface area (Å²) >= 11 is 0. The highest BCUT2D eigenvalue weighted by Gasteiger charge is 2.19. The molecule has 0 aliphatic rings. The highest BCUT2D eigenvalue weighted by molar-refractivity contribution is 6.11. The van der Waals surface area contributed by atoms with Crippen LogP contribution in [0.15, 0.2) is 150 Å². The normalized spacial score (nSPS) is 15.1. The van der Waals surface area contributed by atoms with Crippen molar-refractivity contribution in [1.29, 1.82) is 0 Å². The second-order valence-electron chi connectivity index (χ2n) is 10.0. The average molecular weight is 576 g/mol. The van der Waals surface area contributed by atoms with Crippen molar-refractivity contribution >= 4 is 43.7 Å². The van der Waals surface area contributed by atoms with Crippen molar-refractivity contribution in [2.75, 3.05) is 0 Å². The molecule has 5 heteroatoms. The summed E-state index contributed by atoms with van der Waals surface area (Å²) in [6, 6.07) is 18.7. The average Bonchev–Trinajstić information content (AvgIpc) is 3.75. The molecule has 206 valence electrons. The van der Waals surface area contributed by atoms with E-state index in [1.165, 1.54) is 12.1 Å². The lowest BCUT2D eigenvalue weighted by Gasteiger charge is -2.08. The molecule has 5 nitrogen and oxygen atoms in total. The summed E-state index contributed by atoms with van der Waals surface area (Å²) in [5, 5.41) is 1.68. The van der Waals surface area contributed by atoms with Gasteiger partial charge in [0.1, 0.15) is 11.2 Å². The number of para-hydroxylation sites is 3. The first-order valence-corrected chi connectivity index (χ1v) is 13.7. The van der Waals surface area contributed by atoms with Crippen molar-refractivity contribution in [3.63, 3.8) is 0 Å². The van der Waals surface area contributed by atoms with Crippen LogP contribution in [0.25, 0.3) is 83.6 Å². The summed E-state index contributed by atoms with van der Waals surface area (Å²) in [7, 11) is 0. The van der Waals surface area contributed by atoms with E-state index in [0.29, 0.717) is 38.8 Å². The molecular weight excluding hydrogens is 540 g/mol. The molecule has 0 aliphatic heterocycles. The van der Waals surface area contributed by atoms with Gasteiger partial charge in [0, 0.05) is 44.4 Å². The van der Waals surface area contributed by atoms with E-state index in [1.54, 1.807) is 53.1 Å². The third-order valence-corrected chi connectivity index (χ3v) is 7.50. The van der Waals surface area contributed by atoms with Crippen LogP contribution in [0, 0.1) is 0 Å². The molecule has 0 fully saturated rings. The van der Waals surface area contributed by atoms with Crippen molar-refractivity contribution in [3.05, 3.63) is 145 Å². The Morgan fingerprint density at radius 1 is 0.523 bits per heavy atom. The summed E-state index contributed by atoms with van der Waals surface area (Å²) in [6.45, 7) is 0. The molecule has 3 heterocycles. The van der Waals surface area contributed by atoms with Gasteiger partial charge in [0.05, 0.1) is 31.7 Å². The molecule has 0 saturated carbocycles. The fourth-order valence-corrected chi connectivity index (χ4v) is 5.56. The van der Waals surface area contributed by atoms with E-state index in [1.807, 2.05) is 18.2 Å². The number of furan rings is 1. The maximum absolute atomic E-state index is 8.82. The van der Waals surface area contributed by atoms with Gasteiger partial charge in [-0.3, -0.25) is 0 Å². The van der Waals surface area contributed by atoms with E-state index < -0.39 is 30.2 Å². The molecule has 0 spiro atoms. The molecule has 6 aromatic carbocycles. The molecule has 0 aliphatic carbocycles. The van der Waals surface area contributed by atoms with Gasteiger partial charge in [0.25, 0.3) is 0 Å². The molecular formula is C39H24N4O. The maximum atomic E-state index is 8.82. The minimum absolute atomic E-state index is 0.0801. The minimum atomic E-state index is -0.538. The Bertz CT molecular complexity index is 3030. The SMILES string of the molecule is [2H]c1cc([2H])c2c(c1[2H])c1c([2H])c([2H])cc([2H])c1n2-c1ccc2c(c1)oc1c(-c3nc(-c4ccccc4)nc(-c4c([2H])c([2H])c([2H])c([2H])c4[2H])n3)cccc12. The van der Waals surface area contributed by atoms with Crippen LogP contribution in [0.1, 0.15) is 15.1 Å². The van der Waals surface area contributed by atoms with Crippen LogP contribution in [-0.2, 0) is 0 Å². The third-order valence-electron chi connectivity index (χ3n) is 7.50. The number of hydrogen-bond acceptors (Lipinski definition) is 4. The van der Waals surface area contributed by atoms with Crippen LogP contribution in [0.2, 0.25) is 0 Å². The molecule has 0 amide bonds. The van der Waals surface area contributed by atoms with Crippen LogP contribution in [0.3, 0.4) is 0 Å².